The predicted molar refractivity (Wildman–Crippen MR) is 69.7 cm³/mol. The fraction of sp³-hybridized carbons (Fsp3) is 0.500. The maximum atomic E-state index is 12.1. The molecule has 1 atom stereocenters. The minimum absolute atomic E-state index is 0.0986. The smallest absolute Gasteiger partial charge is 0.269 e. The maximum absolute atomic E-state index is 12.1. The highest BCUT2D eigenvalue weighted by Crippen LogP contribution is 2.51. The van der Waals surface area contributed by atoms with Crippen LogP contribution in [0, 0.1) is 15.5 Å². The Morgan fingerprint density at radius 3 is 2.42 bits per heavy atom. The molecule has 5 nitrogen and oxygen atoms in total. The number of rotatable bonds is 2. The summed E-state index contributed by atoms with van der Waals surface area (Å²) in [5, 5.41) is 13.6. The van der Waals surface area contributed by atoms with Crippen LogP contribution in [0.5, 0.6) is 0 Å². The second-order valence-electron chi connectivity index (χ2n) is 5.47. The molecule has 1 amide bonds. The van der Waals surface area contributed by atoms with Crippen molar-refractivity contribution in [3.8, 4) is 0 Å². The van der Waals surface area contributed by atoms with Gasteiger partial charge in [0.1, 0.15) is 0 Å². The van der Waals surface area contributed by atoms with Crippen molar-refractivity contribution in [2.45, 2.75) is 31.6 Å². The lowest BCUT2D eigenvalue weighted by Crippen LogP contribution is -2.31. The van der Waals surface area contributed by atoms with Gasteiger partial charge in [-0.2, -0.15) is 0 Å². The van der Waals surface area contributed by atoms with Gasteiger partial charge < -0.3 is 5.32 Å². The van der Waals surface area contributed by atoms with Crippen molar-refractivity contribution in [3.63, 3.8) is 0 Å². The van der Waals surface area contributed by atoms with Gasteiger partial charge in [-0.1, -0.05) is 25.0 Å². The fourth-order valence-corrected chi connectivity index (χ4v) is 3.57. The van der Waals surface area contributed by atoms with Crippen molar-refractivity contribution < 1.29 is 9.72 Å². The summed E-state index contributed by atoms with van der Waals surface area (Å²) in [4.78, 5) is 22.4. The summed E-state index contributed by atoms with van der Waals surface area (Å²) >= 11 is 0. The van der Waals surface area contributed by atoms with Gasteiger partial charge in [0.15, 0.2) is 0 Å². The third kappa shape index (κ3) is 1.80. The molecule has 1 unspecified atom stereocenters. The predicted octanol–water partition coefficient (Wildman–Crippen LogP) is 2.37. The first-order chi connectivity index (χ1) is 9.13. The summed E-state index contributed by atoms with van der Waals surface area (Å²) in [5.74, 6) is 0.316. The van der Waals surface area contributed by atoms with E-state index in [9.17, 15) is 14.9 Å². The molecular weight excluding hydrogens is 244 g/mol. The first-order valence-corrected chi connectivity index (χ1v) is 6.66. The number of carbonyl (C=O) groups is 1. The summed E-state index contributed by atoms with van der Waals surface area (Å²) < 4.78 is 0. The lowest BCUT2D eigenvalue weighted by atomic mass is 9.73. The number of nitrogens with one attached hydrogen (secondary N) is 1. The van der Waals surface area contributed by atoms with E-state index in [0.717, 1.165) is 31.2 Å². The van der Waals surface area contributed by atoms with Crippen LogP contribution in [-0.4, -0.2) is 17.4 Å². The molecule has 1 N–H and O–H groups in total. The standard InChI is InChI=1S/C14H16N2O3/c17-13-14(7-1-2-8-14)12(9-15-13)10-3-5-11(6-4-10)16(18)19/h3-6,12H,1-2,7-9H2,(H,15,17). The number of hydrogen-bond donors (Lipinski definition) is 1. The van der Waals surface area contributed by atoms with Gasteiger partial charge in [-0.05, 0) is 18.4 Å². The topological polar surface area (TPSA) is 72.2 Å². The second-order valence-corrected chi connectivity index (χ2v) is 5.47. The maximum Gasteiger partial charge on any atom is 0.269 e. The van der Waals surface area contributed by atoms with Gasteiger partial charge in [0.2, 0.25) is 5.91 Å². The highest BCUT2D eigenvalue weighted by atomic mass is 16.6. The number of benzene rings is 1. The minimum atomic E-state index is -0.396. The van der Waals surface area contributed by atoms with Crippen molar-refractivity contribution in [2.75, 3.05) is 6.54 Å². The number of amides is 1. The Morgan fingerprint density at radius 1 is 1.21 bits per heavy atom. The molecule has 1 aromatic rings. The average molecular weight is 260 g/mol. The lowest BCUT2D eigenvalue weighted by molar-refractivity contribution is -0.384. The van der Waals surface area contributed by atoms with E-state index >= 15 is 0 Å². The first-order valence-electron chi connectivity index (χ1n) is 6.66. The fourth-order valence-electron chi connectivity index (χ4n) is 3.57. The molecule has 5 heteroatoms. The number of nitro groups is 1. The van der Waals surface area contributed by atoms with Crippen LogP contribution in [-0.2, 0) is 4.79 Å². The summed E-state index contributed by atoms with van der Waals surface area (Å²) in [6.07, 6.45) is 4.05. The molecule has 1 spiro atoms. The van der Waals surface area contributed by atoms with E-state index in [1.165, 1.54) is 12.1 Å². The molecule has 1 aliphatic carbocycles. The van der Waals surface area contributed by atoms with Crippen LogP contribution >= 0.6 is 0 Å². The SMILES string of the molecule is O=C1NCC(c2ccc([N+](=O)[O-])cc2)C12CCCC2. The van der Waals surface area contributed by atoms with Crippen LogP contribution in [0.3, 0.4) is 0 Å². The average Bonchev–Trinajstić information content (AvgIpc) is 3.01. The van der Waals surface area contributed by atoms with Crippen molar-refractivity contribution in [1.82, 2.24) is 5.32 Å². The Bertz CT molecular complexity index is 518. The van der Waals surface area contributed by atoms with Gasteiger partial charge in [-0.25, -0.2) is 0 Å². The monoisotopic (exact) mass is 260 g/mol. The minimum Gasteiger partial charge on any atom is -0.355 e. The molecule has 1 heterocycles. The molecular formula is C14H16N2O3. The van der Waals surface area contributed by atoms with Crippen molar-refractivity contribution in [2.24, 2.45) is 5.41 Å². The molecule has 3 rings (SSSR count). The Morgan fingerprint density at radius 2 is 1.84 bits per heavy atom. The number of nitro benzene ring substituents is 1. The molecule has 2 aliphatic rings. The summed E-state index contributed by atoms with van der Waals surface area (Å²) in [6.45, 7) is 0.649. The number of hydrogen-bond acceptors (Lipinski definition) is 3. The molecule has 1 saturated carbocycles. The lowest BCUT2D eigenvalue weighted by Gasteiger charge is -2.27. The number of carbonyl (C=O) groups excluding carboxylic acids is 1. The van der Waals surface area contributed by atoms with Gasteiger partial charge >= 0.3 is 0 Å². The van der Waals surface area contributed by atoms with Crippen LogP contribution < -0.4 is 5.32 Å². The Kier molecular flexibility index (Phi) is 2.77. The molecule has 1 aromatic carbocycles. The highest BCUT2D eigenvalue weighted by Gasteiger charge is 2.51. The van der Waals surface area contributed by atoms with E-state index < -0.39 is 4.92 Å². The van der Waals surface area contributed by atoms with Crippen LogP contribution in [0.4, 0.5) is 5.69 Å². The van der Waals surface area contributed by atoms with Crippen molar-refractivity contribution in [1.29, 1.82) is 0 Å². The Hall–Kier alpha value is -1.91. The molecule has 2 fully saturated rings. The molecule has 100 valence electrons. The van der Waals surface area contributed by atoms with Gasteiger partial charge in [-0.15, -0.1) is 0 Å². The quantitative estimate of drug-likeness (QED) is 0.655. The van der Waals surface area contributed by atoms with E-state index in [4.69, 9.17) is 0 Å². The Labute approximate surface area is 111 Å². The number of nitrogens with zero attached hydrogens (tertiary/aromatic N) is 1. The molecule has 1 aliphatic heterocycles. The zero-order chi connectivity index (χ0) is 13.5. The van der Waals surface area contributed by atoms with Crippen molar-refractivity contribution >= 4 is 11.6 Å². The summed E-state index contributed by atoms with van der Waals surface area (Å²) in [5.41, 5.74) is 0.864. The summed E-state index contributed by atoms with van der Waals surface area (Å²) in [7, 11) is 0. The van der Waals surface area contributed by atoms with E-state index in [1.54, 1.807) is 12.1 Å². The van der Waals surface area contributed by atoms with Crippen LogP contribution in [0.25, 0.3) is 0 Å². The van der Waals surface area contributed by atoms with E-state index in [2.05, 4.69) is 5.32 Å². The van der Waals surface area contributed by atoms with E-state index in [0.29, 0.717) is 6.54 Å². The normalized spacial score (nSPS) is 24.6. The largest absolute Gasteiger partial charge is 0.355 e. The van der Waals surface area contributed by atoms with Crippen LogP contribution in [0.15, 0.2) is 24.3 Å². The molecule has 1 saturated heterocycles. The third-order valence-electron chi connectivity index (χ3n) is 4.59. The third-order valence-corrected chi connectivity index (χ3v) is 4.59. The second kappa shape index (κ2) is 4.33. The molecule has 19 heavy (non-hydrogen) atoms. The van der Waals surface area contributed by atoms with Gasteiger partial charge in [0.25, 0.3) is 5.69 Å². The van der Waals surface area contributed by atoms with Crippen LogP contribution in [0.2, 0.25) is 0 Å². The van der Waals surface area contributed by atoms with Gasteiger partial charge in [-0.3, -0.25) is 14.9 Å². The summed E-state index contributed by atoms with van der Waals surface area (Å²) in [6, 6.07) is 6.65. The Balaban J connectivity index is 1.93. The molecule has 0 radical (unpaired) electrons. The van der Waals surface area contributed by atoms with Crippen LogP contribution in [0.1, 0.15) is 37.2 Å². The zero-order valence-electron chi connectivity index (χ0n) is 10.6. The van der Waals surface area contributed by atoms with Crippen molar-refractivity contribution in [3.05, 3.63) is 39.9 Å². The van der Waals surface area contributed by atoms with Gasteiger partial charge in [0.05, 0.1) is 10.3 Å². The molecule has 0 aromatic heterocycles. The highest BCUT2D eigenvalue weighted by molar-refractivity contribution is 5.86. The first kappa shape index (κ1) is 12.1. The van der Waals surface area contributed by atoms with Gasteiger partial charge in [0, 0.05) is 24.6 Å². The number of non-ortho nitro benzene ring substituents is 1. The molecule has 0 bridgehead atoms. The van der Waals surface area contributed by atoms with E-state index in [-0.39, 0.29) is 22.9 Å². The van der Waals surface area contributed by atoms with E-state index in [1.807, 2.05) is 0 Å². The zero-order valence-corrected chi connectivity index (χ0v) is 10.6.